The van der Waals surface area contributed by atoms with Crippen LogP contribution in [0.2, 0.25) is 10.0 Å². The van der Waals surface area contributed by atoms with E-state index in [0.717, 1.165) is 11.3 Å². The molecule has 0 spiro atoms. The summed E-state index contributed by atoms with van der Waals surface area (Å²) in [5.74, 6) is 0.697. The van der Waals surface area contributed by atoms with E-state index < -0.39 is 0 Å². The van der Waals surface area contributed by atoms with Crippen LogP contribution in [0.25, 0.3) is 11.3 Å². The zero-order chi connectivity index (χ0) is 11.7. The van der Waals surface area contributed by atoms with Gasteiger partial charge in [0.1, 0.15) is 0 Å². The summed E-state index contributed by atoms with van der Waals surface area (Å²) in [6, 6.07) is 5.83. The minimum absolute atomic E-state index is 0.485. The maximum absolute atomic E-state index is 5.95. The summed E-state index contributed by atoms with van der Waals surface area (Å²) < 4.78 is 5.52. The van der Waals surface area contributed by atoms with Gasteiger partial charge < -0.3 is 9.73 Å². The highest BCUT2D eigenvalue weighted by atomic mass is 35.5. The van der Waals surface area contributed by atoms with E-state index in [-0.39, 0.29) is 0 Å². The topological polar surface area (TPSA) is 38.1 Å². The number of nitrogens with one attached hydrogen (secondary N) is 1. The monoisotopic (exact) mass is 256 g/mol. The van der Waals surface area contributed by atoms with Crippen molar-refractivity contribution < 1.29 is 4.42 Å². The molecule has 0 amide bonds. The quantitative estimate of drug-likeness (QED) is 0.883. The van der Waals surface area contributed by atoms with Crippen molar-refractivity contribution in [1.29, 1.82) is 0 Å². The van der Waals surface area contributed by atoms with E-state index in [1.165, 1.54) is 0 Å². The first-order valence-corrected chi connectivity index (χ1v) is 5.48. The minimum Gasteiger partial charge on any atom is -0.423 e. The summed E-state index contributed by atoms with van der Waals surface area (Å²) in [4.78, 5) is 4.20. The Morgan fingerprint density at radius 3 is 2.56 bits per heavy atom. The molecule has 5 heteroatoms. The smallest absolute Gasteiger partial charge is 0.295 e. The molecule has 1 aromatic heterocycles. The molecule has 84 valence electrons. The number of halogens is 2. The van der Waals surface area contributed by atoms with Crippen molar-refractivity contribution in [3.8, 4) is 11.3 Å². The van der Waals surface area contributed by atoms with Gasteiger partial charge in [-0.15, -0.1) is 0 Å². The van der Waals surface area contributed by atoms with Crippen LogP contribution in [0.4, 0.5) is 6.01 Å². The van der Waals surface area contributed by atoms with Crippen LogP contribution < -0.4 is 5.32 Å². The van der Waals surface area contributed by atoms with Crippen molar-refractivity contribution in [3.05, 3.63) is 33.9 Å². The highest BCUT2D eigenvalue weighted by molar-refractivity contribution is 6.42. The molecule has 0 saturated heterocycles. The second kappa shape index (κ2) is 4.36. The third-order valence-electron chi connectivity index (χ3n) is 2.19. The number of nitrogens with zero attached hydrogens (tertiary/aromatic N) is 1. The Morgan fingerprint density at radius 2 is 2.00 bits per heavy atom. The third kappa shape index (κ3) is 2.01. The first-order chi connectivity index (χ1) is 7.61. The average Bonchev–Trinajstić information content (AvgIpc) is 2.64. The highest BCUT2D eigenvalue weighted by Gasteiger charge is 2.11. The van der Waals surface area contributed by atoms with Crippen molar-refractivity contribution in [1.82, 2.24) is 4.98 Å². The summed E-state index contributed by atoms with van der Waals surface area (Å²) in [6.45, 7) is 1.88. The molecule has 0 saturated carbocycles. The van der Waals surface area contributed by atoms with Crippen molar-refractivity contribution >= 4 is 29.2 Å². The predicted octanol–water partition coefficient (Wildman–Crippen LogP) is 4.00. The molecule has 1 aromatic carbocycles. The van der Waals surface area contributed by atoms with E-state index in [1.807, 2.05) is 13.0 Å². The first-order valence-electron chi connectivity index (χ1n) is 4.72. The second-order valence-corrected chi connectivity index (χ2v) is 4.13. The lowest BCUT2D eigenvalue weighted by atomic mass is 10.1. The summed E-state index contributed by atoms with van der Waals surface area (Å²) in [6.07, 6.45) is 0. The van der Waals surface area contributed by atoms with Gasteiger partial charge in [0.2, 0.25) is 0 Å². The van der Waals surface area contributed by atoms with Gasteiger partial charge in [0, 0.05) is 12.6 Å². The summed E-state index contributed by atoms with van der Waals surface area (Å²) in [5, 5.41) is 3.87. The maximum atomic E-state index is 5.95. The lowest BCUT2D eigenvalue weighted by Crippen LogP contribution is -1.85. The Bertz CT molecular complexity index is 523. The van der Waals surface area contributed by atoms with Crippen LogP contribution >= 0.6 is 23.2 Å². The number of oxazole rings is 1. The molecule has 0 radical (unpaired) electrons. The number of hydrogen-bond donors (Lipinski definition) is 1. The minimum atomic E-state index is 0.485. The molecule has 2 aromatic rings. The molecule has 0 aliphatic carbocycles. The molecular weight excluding hydrogens is 247 g/mol. The van der Waals surface area contributed by atoms with E-state index in [2.05, 4.69) is 10.3 Å². The molecule has 3 nitrogen and oxygen atoms in total. The number of anilines is 1. The van der Waals surface area contributed by atoms with Gasteiger partial charge in [-0.2, -0.15) is 4.98 Å². The van der Waals surface area contributed by atoms with Crippen LogP contribution in [0, 0.1) is 6.92 Å². The van der Waals surface area contributed by atoms with Crippen molar-refractivity contribution in [2.24, 2.45) is 0 Å². The van der Waals surface area contributed by atoms with Gasteiger partial charge in [-0.1, -0.05) is 23.2 Å². The molecule has 1 N–H and O–H groups in total. The van der Waals surface area contributed by atoms with Crippen LogP contribution in [0.15, 0.2) is 22.6 Å². The molecule has 0 fully saturated rings. The molecule has 0 aliphatic heterocycles. The first kappa shape index (κ1) is 11.3. The Kier molecular flexibility index (Phi) is 3.08. The summed E-state index contributed by atoms with van der Waals surface area (Å²) >= 11 is 11.8. The number of aryl methyl sites for hydroxylation is 1. The van der Waals surface area contributed by atoms with Crippen molar-refractivity contribution in [2.75, 3.05) is 12.4 Å². The van der Waals surface area contributed by atoms with Crippen LogP contribution in [-0.4, -0.2) is 12.0 Å². The van der Waals surface area contributed by atoms with E-state index in [0.29, 0.717) is 21.8 Å². The molecule has 0 unspecified atom stereocenters. The molecule has 16 heavy (non-hydrogen) atoms. The van der Waals surface area contributed by atoms with Gasteiger partial charge in [0.25, 0.3) is 6.01 Å². The molecule has 0 bridgehead atoms. The van der Waals surface area contributed by atoms with E-state index in [4.69, 9.17) is 27.6 Å². The van der Waals surface area contributed by atoms with Crippen LogP contribution in [0.3, 0.4) is 0 Å². The predicted molar refractivity (Wildman–Crippen MR) is 66.2 cm³/mol. The lowest BCUT2D eigenvalue weighted by Gasteiger charge is -2.00. The fourth-order valence-electron chi connectivity index (χ4n) is 1.41. The molecule has 0 atom stereocenters. The fourth-order valence-corrected chi connectivity index (χ4v) is 1.71. The van der Waals surface area contributed by atoms with Gasteiger partial charge in [0.15, 0.2) is 5.76 Å². The van der Waals surface area contributed by atoms with Gasteiger partial charge in [-0.25, -0.2) is 0 Å². The van der Waals surface area contributed by atoms with Crippen LogP contribution in [0.1, 0.15) is 5.69 Å². The zero-order valence-electron chi connectivity index (χ0n) is 8.84. The van der Waals surface area contributed by atoms with Gasteiger partial charge in [0.05, 0.1) is 15.7 Å². The molecule has 0 aliphatic rings. The second-order valence-electron chi connectivity index (χ2n) is 3.31. The van der Waals surface area contributed by atoms with Gasteiger partial charge in [-0.05, 0) is 25.1 Å². The van der Waals surface area contributed by atoms with Gasteiger partial charge >= 0.3 is 0 Å². The van der Waals surface area contributed by atoms with E-state index >= 15 is 0 Å². The SMILES string of the molecule is CNc1nc(C)c(-c2ccc(Cl)c(Cl)c2)o1. The van der Waals surface area contributed by atoms with Crippen molar-refractivity contribution in [3.63, 3.8) is 0 Å². The Labute approximate surface area is 103 Å². The number of benzene rings is 1. The highest BCUT2D eigenvalue weighted by Crippen LogP contribution is 2.31. The number of hydrogen-bond acceptors (Lipinski definition) is 3. The summed E-state index contributed by atoms with van der Waals surface area (Å²) in [7, 11) is 1.75. The summed E-state index contributed by atoms with van der Waals surface area (Å²) in [5.41, 5.74) is 1.67. The number of rotatable bonds is 2. The largest absolute Gasteiger partial charge is 0.423 e. The maximum Gasteiger partial charge on any atom is 0.295 e. The third-order valence-corrected chi connectivity index (χ3v) is 2.93. The van der Waals surface area contributed by atoms with Crippen LogP contribution in [0.5, 0.6) is 0 Å². The molecule has 2 rings (SSSR count). The van der Waals surface area contributed by atoms with E-state index in [1.54, 1.807) is 19.2 Å². The molecular formula is C11H10Cl2N2O. The fraction of sp³-hybridized carbons (Fsp3) is 0.182. The average molecular weight is 257 g/mol. The Morgan fingerprint density at radius 1 is 1.25 bits per heavy atom. The normalized spacial score (nSPS) is 10.5. The Balaban J connectivity index is 2.49. The zero-order valence-corrected chi connectivity index (χ0v) is 10.4. The molecule has 1 heterocycles. The standard InChI is InChI=1S/C11H10Cl2N2O/c1-6-10(16-11(14-2)15-6)7-3-4-8(12)9(13)5-7/h3-5H,1-2H3,(H,14,15). The lowest BCUT2D eigenvalue weighted by molar-refractivity contribution is 0.589. The van der Waals surface area contributed by atoms with E-state index in [9.17, 15) is 0 Å². The van der Waals surface area contributed by atoms with Crippen molar-refractivity contribution in [2.45, 2.75) is 6.92 Å². The van der Waals surface area contributed by atoms with Crippen LogP contribution in [-0.2, 0) is 0 Å². The van der Waals surface area contributed by atoms with Gasteiger partial charge in [-0.3, -0.25) is 0 Å². The number of aromatic nitrogens is 1. The Hall–Kier alpha value is -1.19.